The number of rotatable bonds is 3. The van der Waals surface area contributed by atoms with E-state index in [2.05, 4.69) is 28.1 Å². The predicted molar refractivity (Wildman–Crippen MR) is 102 cm³/mol. The zero-order chi connectivity index (χ0) is 18.4. The van der Waals surface area contributed by atoms with E-state index in [-0.39, 0.29) is 0 Å². The summed E-state index contributed by atoms with van der Waals surface area (Å²) in [5.41, 5.74) is 4.99. The highest BCUT2D eigenvalue weighted by Crippen LogP contribution is 2.37. The van der Waals surface area contributed by atoms with Crippen molar-refractivity contribution < 1.29 is 9.47 Å². The lowest BCUT2D eigenvalue weighted by Gasteiger charge is -2.34. The number of ether oxygens (including phenoxy) is 2. The van der Waals surface area contributed by atoms with Crippen LogP contribution in [-0.4, -0.2) is 64.0 Å². The number of anilines is 1. The number of aryl methyl sites for hydroxylation is 1. The number of aromatic amines is 1. The van der Waals surface area contributed by atoms with Crippen LogP contribution in [0.5, 0.6) is 0 Å². The Bertz CT molecular complexity index is 945. The number of aromatic nitrogens is 5. The van der Waals surface area contributed by atoms with Crippen LogP contribution in [0, 0.1) is 0 Å². The Morgan fingerprint density at radius 1 is 1.22 bits per heavy atom. The first-order valence-electron chi connectivity index (χ1n) is 9.52. The predicted octanol–water partition coefficient (Wildman–Crippen LogP) is 2.09. The molecule has 0 saturated carbocycles. The second kappa shape index (κ2) is 6.61. The molecule has 0 aliphatic carbocycles. The Labute approximate surface area is 157 Å². The molecule has 2 fully saturated rings. The van der Waals surface area contributed by atoms with Gasteiger partial charge in [-0.05, 0) is 31.0 Å². The number of pyridine rings is 1. The topological polar surface area (TPSA) is 81.1 Å². The number of hydrogen-bond acceptors (Lipinski definition) is 6. The second-order valence-electron chi connectivity index (χ2n) is 7.39. The largest absolute Gasteiger partial charge is 0.381 e. The van der Waals surface area contributed by atoms with Gasteiger partial charge in [-0.25, -0.2) is 4.98 Å². The Kier molecular flexibility index (Phi) is 4.09. The van der Waals surface area contributed by atoms with Crippen molar-refractivity contribution in [2.75, 3.05) is 37.9 Å². The summed E-state index contributed by atoms with van der Waals surface area (Å²) in [6.45, 7) is 6.04. The van der Waals surface area contributed by atoms with Crippen LogP contribution in [-0.2, 0) is 16.5 Å². The second-order valence-corrected chi connectivity index (χ2v) is 7.39. The Hall–Kier alpha value is -2.45. The lowest BCUT2D eigenvalue weighted by Crippen LogP contribution is -2.44. The molecule has 27 heavy (non-hydrogen) atoms. The number of nitrogens with one attached hydrogen (secondary N) is 1. The molecule has 0 radical (unpaired) electrons. The van der Waals surface area contributed by atoms with Crippen molar-refractivity contribution in [1.82, 2.24) is 25.0 Å². The molecule has 2 aliphatic rings. The SMILES string of the molecule is C[C@@H]1COCCN1c1cc([C@@H]2CCOC2)c2c(n1)c(-c1ccn[nH]1)nn2C. The van der Waals surface area contributed by atoms with Gasteiger partial charge in [0.05, 0.1) is 37.1 Å². The summed E-state index contributed by atoms with van der Waals surface area (Å²) in [6, 6.07) is 4.47. The van der Waals surface area contributed by atoms with E-state index in [0.717, 1.165) is 67.6 Å². The zero-order valence-electron chi connectivity index (χ0n) is 15.7. The third-order valence-corrected chi connectivity index (χ3v) is 5.59. The minimum absolute atomic E-state index is 0.295. The van der Waals surface area contributed by atoms with Crippen molar-refractivity contribution in [3.8, 4) is 11.4 Å². The van der Waals surface area contributed by atoms with Crippen molar-refractivity contribution in [3.05, 3.63) is 23.9 Å². The Morgan fingerprint density at radius 2 is 2.11 bits per heavy atom. The first-order chi connectivity index (χ1) is 13.2. The van der Waals surface area contributed by atoms with E-state index in [9.17, 15) is 0 Å². The summed E-state index contributed by atoms with van der Waals surface area (Å²) in [4.78, 5) is 7.40. The van der Waals surface area contributed by atoms with Gasteiger partial charge >= 0.3 is 0 Å². The molecular formula is C19H24N6O2. The first-order valence-corrected chi connectivity index (χ1v) is 9.52. The van der Waals surface area contributed by atoms with Gasteiger partial charge in [0.1, 0.15) is 17.0 Å². The van der Waals surface area contributed by atoms with Gasteiger partial charge in [-0.1, -0.05) is 0 Å². The van der Waals surface area contributed by atoms with E-state index in [4.69, 9.17) is 19.6 Å². The van der Waals surface area contributed by atoms with Crippen molar-refractivity contribution in [2.45, 2.75) is 25.3 Å². The number of fused-ring (bicyclic) bond motifs is 1. The Morgan fingerprint density at radius 3 is 2.85 bits per heavy atom. The van der Waals surface area contributed by atoms with Crippen molar-refractivity contribution in [1.29, 1.82) is 0 Å². The highest BCUT2D eigenvalue weighted by atomic mass is 16.5. The molecule has 2 atom stereocenters. The van der Waals surface area contributed by atoms with Gasteiger partial charge in [0, 0.05) is 32.3 Å². The van der Waals surface area contributed by atoms with Gasteiger partial charge in [-0.15, -0.1) is 0 Å². The summed E-state index contributed by atoms with van der Waals surface area (Å²) >= 11 is 0. The fourth-order valence-corrected chi connectivity index (χ4v) is 4.17. The number of hydrogen-bond donors (Lipinski definition) is 1. The lowest BCUT2D eigenvalue weighted by atomic mass is 9.97. The maximum Gasteiger partial charge on any atom is 0.136 e. The standard InChI is InChI=1S/C19H24N6O2/c1-12-10-27-8-6-25(12)16-9-14(13-4-7-26-11-13)19-18(21-16)17(23-24(19)2)15-3-5-20-22-15/h3,5,9,12-13H,4,6-8,10-11H2,1-2H3,(H,20,22)/t12-,13-/m1/s1. The number of H-pyrrole nitrogens is 1. The maximum absolute atomic E-state index is 5.69. The summed E-state index contributed by atoms with van der Waals surface area (Å²) in [7, 11) is 1.99. The van der Waals surface area contributed by atoms with E-state index < -0.39 is 0 Å². The van der Waals surface area contributed by atoms with E-state index in [0.29, 0.717) is 12.0 Å². The fourth-order valence-electron chi connectivity index (χ4n) is 4.17. The summed E-state index contributed by atoms with van der Waals surface area (Å²) < 4.78 is 13.2. The molecule has 0 unspecified atom stereocenters. The highest BCUT2D eigenvalue weighted by molar-refractivity contribution is 5.92. The quantitative estimate of drug-likeness (QED) is 0.762. The van der Waals surface area contributed by atoms with Gasteiger partial charge in [0.2, 0.25) is 0 Å². The van der Waals surface area contributed by atoms with Gasteiger partial charge in [0.25, 0.3) is 0 Å². The molecule has 1 N–H and O–H groups in total. The molecule has 2 aliphatic heterocycles. The van der Waals surface area contributed by atoms with Crippen LogP contribution < -0.4 is 4.90 Å². The fraction of sp³-hybridized carbons (Fsp3) is 0.526. The molecule has 0 spiro atoms. The van der Waals surface area contributed by atoms with Crippen molar-refractivity contribution in [2.24, 2.45) is 7.05 Å². The van der Waals surface area contributed by atoms with Gasteiger partial charge in [0.15, 0.2) is 0 Å². The monoisotopic (exact) mass is 368 g/mol. The molecule has 5 rings (SSSR count). The molecule has 0 aromatic carbocycles. The van der Waals surface area contributed by atoms with E-state index in [1.54, 1.807) is 6.20 Å². The van der Waals surface area contributed by atoms with Crippen LogP contribution in [0.25, 0.3) is 22.4 Å². The van der Waals surface area contributed by atoms with Crippen LogP contribution in [0.3, 0.4) is 0 Å². The van der Waals surface area contributed by atoms with Crippen LogP contribution in [0.1, 0.15) is 24.8 Å². The normalized spacial score (nSPS) is 23.4. The average Bonchev–Trinajstić information content (AvgIpc) is 3.43. The minimum atomic E-state index is 0.295. The van der Waals surface area contributed by atoms with E-state index >= 15 is 0 Å². The third-order valence-electron chi connectivity index (χ3n) is 5.59. The van der Waals surface area contributed by atoms with Gasteiger partial charge < -0.3 is 14.4 Å². The van der Waals surface area contributed by atoms with Gasteiger partial charge in [-0.2, -0.15) is 10.2 Å². The van der Waals surface area contributed by atoms with Crippen LogP contribution in [0.15, 0.2) is 18.3 Å². The minimum Gasteiger partial charge on any atom is -0.381 e. The molecule has 2 saturated heterocycles. The molecule has 142 valence electrons. The van der Waals surface area contributed by atoms with Crippen LogP contribution in [0.2, 0.25) is 0 Å². The molecule has 0 bridgehead atoms. The van der Waals surface area contributed by atoms with Crippen molar-refractivity contribution in [3.63, 3.8) is 0 Å². The molecule has 0 amide bonds. The third kappa shape index (κ3) is 2.80. The summed E-state index contributed by atoms with van der Waals surface area (Å²) in [6.07, 6.45) is 2.78. The van der Waals surface area contributed by atoms with E-state index in [1.165, 1.54) is 5.56 Å². The highest BCUT2D eigenvalue weighted by Gasteiger charge is 2.28. The molecular weight excluding hydrogens is 344 g/mol. The molecule has 5 heterocycles. The number of morpholine rings is 1. The molecule has 8 heteroatoms. The summed E-state index contributed by atoms with van der Waals surface area (Å²) in [5, 5.41) is 11.9. The van der Waals surface area contributed by atoms with Crippen LogP contribution >= 0.6 is 0 Å². The summed E-state index contributed by atoms with van der Waals surface area (Å²) in [5.74, 6) is 1.37. The lowest BCUT2D eigenvalue weighted by molar-refractivity contribution is 0.0985. The Balaban J connectivity index is 1.73. The first kappa shape index (κ1) is 16.7. The maximum atomic E-state index is 5.69. The van der Waals surface area contributed by atoms with E-state index in [1.807, 2.05) is 17.8 Å². The number of nitrogens with zero attached hydrogens (tertiary/aromatic N) is 5. The zero-order valence-corrected chi connectivity index (χ0v) is 15.7. The molecule has 3 aromatic heterocycles. The van der Waals surface area contributed by atoms with Gasteiger partial charge in [-0.3, -0.25) is 9.78 Å². The van der Waals surface area contributed by atoms with Crippen LogP contribution in [0.4, 0.5) is 5.82 Å². The smallest absolute Gasteiger partial charge is 0.136 e. The molecule has 8 nitrogen and oxygen atoms in total. The average molecular weight is 368 g/mol. The van der Waals surface area contributed by atoms with Crippen molar-refractivity contribution >= 4 is 16.9 Å². The molecule has 3 aromatic rings.